The van der Waals surface area contributed by atoms with Gasteiger partial charge in [0, 0.05) is 19.1 Å². The highest BCUT2D eigenvalue weighted by atomic mass is 15.2. The summed E-state index contributed by atoms with van der Waals surface area (Å²) in [6.07, 6.45) is 12.6. The van der Waals surface area contributed by atoms with E-state index < -0.39 is 0 Å². The van der Waals surface area contributed by atoms with E-state index in [1.807, 2.05) is 0 Å². The van der Waals surface area contributed by atoms with Crippen molar-refractivity contribution < 1.29 is 0 Å². The fourth-order valence-electron chi connectivity index (χ4n) is 4.26. The third-order valence-corrected chi connectivity index (χ3v) is 5.01. The van der Waals surface area contributed by atoms with Crippen molar-refractivity contribution in [1.82, 2.24) is 4.90 Å². The molecule has 3 fully saturated rings. The molecule has 84 valence electrons. The van der Waals surface area contributed by atoms with Crippen LogP contribution in [0.25, 0.3) is 0 Å². The number of fused-ring (bicyclic) bond motifs is 1. The molecular weight excluding hydrogens is 182 g/mol. The van der Waals surface area contributed by atoms with E-state index in [0.29, 0.717) is 0 Å². The van der Waals surface area contributed by atoms with Crippen molar-refractivity contribution in [2.45, 2.75) is 51.0 Å². The Bertz CT molecular complexity index is 236. The van der Waals surface area contributed by atoms with Gasteiger partial charge in [0.2, 0.25) is 0 Å². The molecule has 2 atom stereocenters. The van der Waals surface area contributed by atoms with Crippen LogP contribution >= 0.6 is 0 Å². The molecule has 0 amide bonds. The maximum absolute atomic E-state index is 3.95. The van der Waals surface area contributed by atoms with Gasteiger partial charge in [-0.25, -0.2) is 0 Å². The largest absolute Gasteiger partial charge is 0.299 e. The summed E-state index contributed by atoms with van der Waals surface area (Å²) in [7, 11) is 0. The molecule has 3 aliphatic rings. The molecule has 1 aliphatic carbocycles. The Balaban J connectivity index is 1.68. The highest BCUT2D eigenvalue weighted by molar-refractivity contribution is 5.04. The first-order valence-corrected chi connectivity index (χ1v) is 6.68. The highest BCUT2D eigenvalue weighted by Crippen LogP contribution is 2.49. The van der Waals surface area contributed by atoms with Crippen LogP contribution in [-0.4, -0.2) is 24.0 Å². The van der Waals surface area contributed by atoms with Gasteiger partial charge in [-0.3, -0.25) is 4.90 Å². The van der Waals surface area contributed by atoms with Crippen LogP contribution < -0.4 is 0 Å². The summed E-state index contributed by atoms with van der Waals surface area (Å²) in [4.78, 5) is 2.76. The molecular formula is C14H23N. The van der Waals surface area contributed by atoms with E-state index in [1.165, 1.54) is 58.0 Å². The van der Waals surface area contributed by atoms with Crippen molar-refractivity contribution in [3.63, 3.8) is 0 Å². The summed E-state index contributed by atoms with van der Waals surface area (Å²) in [5.41, 5.74) is 0.745. The van der Waals surface area contributed by atoms with Crippen molar-refractivity contribution in [2.75, 3.05) is 13.1 Å². The molecule has 2 heterocycles. The van der Waals surface area contributed by atoms with Gasteiger partial charge in [-0.05, 0) is 37.0 Å². The molecule has 2 saturated heterocycles. The quantitative estimate of drug-likeness (QED) is 0.594. The molecule has 0 N–H and O–H groups in total. The van der Waals surface area contributed by atoms with Crippen LogP contribution in [0.1, 0.15) is 44.9 Å². The first kappa shape index (κ1) is 9.89. The molecule has 0 aromatic carbocycles. The second-order valence-electron chi connectivity index (χ2n) is 6.08. The summed E-state index contributed by atoms with van der Waals surface area (Å²) < 4.78 is 0. The van der Waals surface area contributed by atoms with Gasteiger partial charge in [-0.1, -0.05) is 25.3 Å². The minimum Gasteiger partial charge on any atom is -0.299 e. The van der Waals surface area contributed by atoms with Gasteiger partial charge in [0.05, 0.1) is 0 Å². The molecule has 1 saturated carbocycles. The summed E-state index contributed by atoms with van der Waals surface area (Å²) in [6.45, 7) is 6.65. The van der Waals surface area contributed by atoms with Gasteiger partial charge in [0.1, 0.15) is 0 Å². The van der Waals surface area contributed by atoms with Crippen molar-refractivity contribution in [3.8, 4) is 0 Å². The number of hydrogen-bond acceptors (Lipinski definition) is 1. The Hall–Kier alpha value is -0.300. The molecule has 3 rings (SSSR count). The molecule has 0 radical (unpaired) electrons. The van der Waals surface area contributed by atoms with Crippen LogP contribution in [0.3, 0.4) is 0 Å². The predicted octanol–water partition coefficient (Wildman–Crippen LogP) is 3.22. The third kappa shape index (κ3) is 1.65. The molecule has 0 bridgehead atoms. The van der Waals surface area contributed by atoms with Crippen LogP contribution in [0.5, 0.6) is 0 Å². The molecule has 0 aromatic heterocycles. The normalized spacial score (nSPS) is 39.5. The van der Waals surface area contributed by atoms with Crippen LogP contribution in [0.2, 0.25) is 0 Å². The smallest absolute Gasteiger partial charge is 0.0108 e. The molecule has 2 aliphatic heterocycles. The summed E-state index contributed by atoms with van der Waals surface area (Å²) in [5, 5.41) is 0. The zero-order chi connectivity index (χ0) is 10.3. The first-order chi connectivity index (χ1) is 7.31. The fraction of sp³-hybridized carbons (Fsp3) is 0.857. The molecule has 15 heavy (non-hydrogen) atoms. The van der Waals surface area contributed by atoms with Gasteiger partial charge in [0.25, 0.3) is 0 Å². The minimum absolute atomic E-state index is 0.745. The lowest BCUT2D eigenvalue weighted by Gasteiger charge is -2.34. The Labute approximate surface area is 93.5 Å². The van der Waals surface area contributed by atoms with Gasteiger partial charge in [0.15, 0.2) is 0 Å². The topological polar surface area (TPSA) is 3.24 Å². The monoisotopic (exact) mass is 205 g/mol. The Kier molecular flexibility index (Phi) is 2.39. The van der Waals surface area contributed by atoms with E-state index in [9.17, 15) is 0 Å². The van der Waals surface area contributed by atoms with E-state index in [-0.39, 0.29) is 0 Å². The zero-order valence-electron chi connectivity index (χ0n) is 9.75. The molecule has 0 aromatic rings. The Morgan fingerprint density at radius 1 is 1.20 bits per heavy atom. The second kappa shape index (κ2) is 3.62. The standard InChI is InChI=1S/C14H23N/c1-2-12-8-13-9-14(11-15(13)10-12)6-4-3-5-7-14/h2,12-13H,1,3-11H2/t12-,13+/m0/s1. The number of nitrogens with zero attached hydrogens (tertiary/aromatic N) is 1. The van der Waals surface area contributed by atoms with E-state index in [0.717, 1.165) is 17.4 Å². The van der Waals surface area contributed by atoms with Crippen LogP contribution in [0.4, 0.5) is 0 Å². The lowest BCUT2D eigenvalue weighted by molar-refractivity contribution is 0.185. The Morgan fingerprint density at radius 3 is 2.67 bits per heavy atom. The lowest BCUT2D eigenvalue weighted by atomic mass is 9.72. The van der Waals surface area contributed by atoms with E-state index in [2.05, 4.69) is 17.6 Å². The second-order valence-corrected chi connectivity index (χ2v) is 6.08. The minimum atomic E-state index is 0.745. The SMILES string of the molecule is C=C[C@H]1C[C@@H]2CC3(CCCCC3)CN2C1. The fourth-order valence-corrected chi connectivity index (χ4v) is 4.26. The maximum atomic E-state index is 3.95. The number of rotatable bonds is 1. The van der Waals surface area contributed by atoms with Gasteiger partial charge in [-0.2, -0.15) is 0 Å². The average molecular weight is 205 g/mol. The summed E-state index contributed by atoms with van der Waals surface area (Å²) in [6, 6.07) is 0.908. The van der Waals surface area contributed by atoms with Gasteiger partial charge >= 0.3 is 0 Å². The van der Waals surface area contributed by atoms with E-state index in [4.69, 9.17) is 0 Å². The Morgan fingerprint density at radius 2 is 2.00 bits per heavy atom. The van der Waals surface area contributed by atoms with Crippen molar-refractivity contribution >= 4 is 0 Å². The highest BCUT2D eigenvalue weighted by Gasteiger charge is 2.47. The number of hydrogen-bond donors (Lipinski definition) is 0. The van der Waals surface area contributed by atoms with Gasteiger partial charge < -0.3 is 0 Å². The van der Waals surface area contributed by atoms with Crippen molar-refractivity contribution in [2.24, 2.45) is 11.3 Å². The van der Waals surface area contributed by atoms with Crippen molar-refractivity contribution in [3.05, 3.63) is 12.7 Å². The van der Waals surface area contributed by atoms with Crippen LogP contribution in [-0.2, 0) is 0 Å². The lowest BCUT2D eigenvalue weighted by Crippen LogP contribution is -2.29. The maximum Gasteiger partial charge on any atom is 0.0108 e. The first-order valence-electron chi connectivity index (χ1n) is 6.68. The van der Waals surface area contributed by atoms with E-state index >= 15 is 0 Å². The van der Waals surface area contributed by atoms with Gasteiger partial charge in [-0.15, -0.1) is 6.58 Å². The van der Waals surface area contributed by atoms with Crippen LogP contribution in [0, 0.1) is 11.3 Å². The summed E-state index contributed by atoms with van der Waals surface area (Å²) in [5.74, 6) is 0.788. The van der Waals surface area contributed by atoms with Crippen LogP contribution in [0.15, 0.2) is 12.7 Å². The molecule has 1 spiro atoms. The zero-order valence-corrected chi connectivity index (χ0v) is 9.75. The molecule has 0 unspecified atom stereocenters. The molecule has 1 nitrogen and oxygen atoms in total. The molecule has 1 heteroatoms. The van der Waals surface area contributed by atoms with Crippen molar-refractivity contribution in [1.29, 1.82) is 0 Å². The predicted molar refractivity (Wildman–Crippen MR) is 63.8 cm³/mol. The summed E-state index contributed by atoms with van der Waals surface area (Å²) >= 11 is 0. The average Bonchev–Trinajstić information content (AvgIpc) is 2.74. The van der Waals surface area contributed by atoms with E-state index in [1.54, 1.807) is 0 Å². The third-order valence-electron chi connectivity index (χ3n) is 5.01.